The smallest absolute Gasteiger partial charge is 0.166 e. The molecule has 18 heavy (non-hydrogen) atoms. The quantitative estimate of drug-likeness (QED) is 0.600. The van der Waals surface area contributed by atoms with Crippen molar-refractivity contribution in [1.29, 1.82) is 0 Å². The van der Waals surface area contributed by atoms with Gasteiger partial charge in [-0.2, -0.15) is 0 Å². The summed E-state index contributed by atoms with van der Waals surface area (Å²) in [6.45, 7) is 0. The normalized spacial score (nSPS) is 12.0. The zero-order valence-corrected chi connectivity index (χ0v) is 11.0. The average molecular weight is 290 g/mol. The summed E-state index contributed by atoms with van der Waals surface area (Å²) in [5, 5.41) is 0.383. The Kier molecular flexibility index (Phi) is 4.31. The Morgan fingerprint density at radius 2 is 1.00 bits per heavy atom. The van der Waals surface area contributed by atoms with E-state index in [1.807, 2.05) is 0 Å². The lowest BCUT2D eigenvalue weighted by atomic mass is 10.3. The maximum atomic E-state index is 13.4. The Morgan fingerprint density at radius 3 is 1.39 bits per heavy atom. The first kappa shape index (κ1) is 13.5. The van der Waals surface area contributed by atoms with Gasteiger partial charge >= 0.3 is 0 Å². The standard InChI is InChI=1S/C12H8F4P2/c13-7-3-1-5-9(11(7)15)17-18-10-6-2-4-8(14)12(10)16/h1-6,17-18H. The van der Waals surface area contributed by atoms with Gasteiger partial charge in [0.1, 0.15) is 0 Å². The molecule has 0 fully saturated rings. The lowest BCUT2D eigenvalue weighted by Crippen LogP contribution is -2.06. The second-order valence-corrected chi connectivity index (χ2v) is 6.53. The van der Waals surface area contributed by atoms with Crippen molar-refractivity contribution in [2.24, 2.45) is 0 Å². The molecule has 0 saturated carbocycles. The van der Waals surface area contributed by atoms with Crippen molar-refractivity contribution in [3.8, 4) is 0 Å². The summed E-state index contributed by atoms with van der Waals surface area (Å²) in [6, 6.07) is 7.73. The molecule has 0 aliphatic carbocycles. The molecule has 0 aromatic heterocycles. The molecule has 0 heterocycles. The van der Waals surface area contributed by atoms with E-state index < -0.39 is 23.3 Å². The number of benzene rings is 2. The van der Waals surface area contributed by atoms with E-state index in [4.69, 9.17) is 0 Å². The maximum Gasteiger partial charge on any atom is 0.166 e. The third-order valence-corrected chi connectivity index (χ3v) is 5.66. The van der Waals surface area contributed by atoms with Gasteiger partial charge < -0.3 is 0 Å². The number of rotatable bonds is 3. The summed E-state index contributed by atoms with van der Waals surface area (Å²) in [5.41, 5.74) is 0. The van der Waals surface area contributed by atoms with Crippen molar-refractivity contribution in [2.45, 2.75) is 0 Å². The predicted octanol–water partition coefficient (Wildman–Crippen LogP) is 3.47. The highest BCUT2D eigenvalue weighted by molar-refractivity contribution is 8.18. The number of hydrogen-bond donors (Lipinski definition) is 0. The average Bonchev–Trinajstić information content (AvgIpc) is 2.36. The molecule has 6 heteroatoms. The molecule has 2 atom stereocenters. The fourth-order valence-corrected chi connectivity index (χ4v) is 4.39. The van der Waals surface area contributed by atoms with Crippen molar-refractivity contribution in [3.05, 3.63) is 59.7 Å². The van der Waals surface area contributed by atoms with E-state index in [-0.39, 0.29) is 27.1 Å². The van der Waals surface area contributed by atoms with E-state index in [0.717, 1.165) is 12.1 Å². The van der Waals surface area contributed by atoms with Gasteiger partial charge in [-0.25, -0.2) is 17.6 Å². The van der Waals surface area contributed by atoms with Crippen molar-refractivity contribution in [3.63, 3.8) is 0 Å². The molecular formula is C12H8F4P2. The van der Waals surface area contributed by atoms with Crippen molar-refractivity contribution in [1.82, 2.24) is 0 Å². The monoisotopic (exact) mass is 290 g/mol. The van der Waals surface area contributed by atoms with Gasteiger partial charge in [-0.1, -0.05) is 40.8 Å². The van der Waals surface area contributed by atoms with E-state index in [9.17, 15) is 17.6 Å². The second kappa shape index (κ2) is 5.77. The van der Waals surface area contributed by atoms with Gasteiger partial charge in [0.15, 0.2) is 23.3 Å². The summed E-state index contributed by atoms with van der Waals surface area (Å²) in [6.07, 6.45) is 0. The summed E-state index contributed by atoms with van der Waals surface area (Å²) in [5.74, 6) is -3.69. The molecule has 0 amide bonds. The number of hydrogen-bond acceptors (Lipinski definition) is 0. The zero-order chi connectivity index (χ0) is 13.1. The Labute approximate surface area is 105 Å². The summed E-state index contributed by atoms with van der Waals surface area (Å²) >= 11 is 0. The Balaban J connectivity index is 2.17. The molecule has 2 aromatic carbocycles. The van der Waals surface area contributed by atoms with Crippen LogP contribution in [-0.4, -0.2) is 0 Å². The van der Waals surface area contributed by atoms with Gasteiger partial charge in [0.05, 0.1) is 0 Å². The van der Waals surface area contributed by atoms with E-state index in [0.29, 0.717) is 0 Å². The molecular weight excluding hydrogens is 282 g/mol. The molecule has 0 spiro atoms. The van der Waals surface area contributed by atoms with Gasteiger partial charge in [0.2, 0.25) is 0 Å². The van der Waals surface area contributed by atoms with E-state index >= 15 is 0 Å². The molecule has 2 rings (SSSR count). The Hall–Kier alpha value is -0.980. The van der Waals surface area contributed by atoms with Crippen LogP contribution in [0.15, 0.2) is 36.4 Å². The predicted molar refractivity (Wildman–Crippen MR) is 68.6 cm³/mol. The first-order valence-corrected chi connectivity index (χ1v) is 7.99. The molecule has 0 nitrogen and oxygen atoms in total. The molecule has 0 saturated heterocycles. The van der Waals surface area contributed by atoms with Crippen LogP contribution in [0.1, 0.15) is 0 Å². The van der Waals surface area contributed by atoms with E-state index in [1.165, 1.54) is 24.3 Å². The van der Waals surface area contributed by atoms with Crippen LogP contribution in [-0.2, 0) is 0 Å². The van der Waals surface area contributed by atoms with Crippen LogP contribution < -0.4 is 10.6 Å². The van der Waals surface area contributed by atoms with Crippen LogP contribution in [0, 0.1) is 23.3 Å². The van der Waals surface area contributed by atoms with Crippen LogP contribution >= 0.6 is 16.5 Å². The minimum Gasteiger partial charge on any atom is -0.204 e. The van der Waals surface area contributed by atoms with Crippen molar-refractivity contribution in [2.75, 3.05) is 0 Å². The highest BCUT2D eigenvalue weighted by Crippen LogP contribution is 2.36. The van der Waals surface area contributed by atoms with Crippen molar-refractivity contribution >= 4 is 27.1 Å². The highest BCUT2D eigenvalue weighted by atomic mass is 32.0. The third-order valence-electron chi connectivity index (χ3n) is 2.24. The van der Waals surface area contributed by atoms with Crippen molar-refractivity contribution < 1.29 is 17.6 Å². The Morgan fingerprint density at radius 1 is 0.611 bits per heavy atom. The van der Waals surface area contributed by atoms with Gasteiger partial charge in [-0.05, 0) is 12.1 Å². The second-order valence-electron chi connectivity index (χ2n) is 3.45. The molecule has 2 unspecified atom stereocenters. The topological polar surface area (TPSA) is 0 Å². The largest absolute Gasteiger partial charge is 0.204 e. The van der Waals surface area contributed by atoms with E-state index in [1.54, 1.807) is 0 Å². The summed E-state index contributed by atoms with van der Waals surface area (Å²) < 4.78 is 52.6. The first-order chi connectivity index (χ1) is 8.59. The van der Waals surface area contributed by atoms with Crippen LogP contribution in [0.2, 0.25) is 0 Å². The molecule has 0 radical (unpaired) electrons. The lowest BCUT2D eigenvalue weighted by Gasteiger charge is -2.06. The van der Waals surface area contributed by atoms with E-state index in [2.05, 4.69) is 0 Å². The molecule has 0 bridgehead atoms. The highest BCUT2D eigenvalue weighted by Gasteiger charge is 2.11. The van der Waals surface area contributed by atoms with Gasteiger partial charge in [-0.3, -0.25) is 0 Å². The minimum absolute atomic E-state index is 0.124. The molecule has 94 valence electrons. The molecule has 0 aliphatic heterocycles. The Bertz CT molecular complexity index is 520. The third kappa shape index (κ3) is 2.88. The lowest BCUT2D eigenvalue weighted by molar-refractivity contribution is 0.514. The van der Waals surface area contributed by atoms with Crippen LogP contribution in [0.25, 0.3) is 0 Å². The van der Waals surface area contributed by atoms with Gasteiger partial charge in [0.25, 0.3) is 0 Å². The summed E-state index contributed by atoms with van der Waals surface area (Å²) in [7, 11) is -0.248. The number of halogens is 4. The molecule has 0 aliphatic rings. The fraction of sp³-hybridized carbons (Fsp3) is 0. The van der Waals surface area contributed by atoms with Crippen LogP contribution in [0.4, 0.5) is 17.6 Å². The van der Waals surface area contributed by atoms with Gasteiger partial charge in [-0.15, -0.1) is 0 Å². The zero-order valence-electron chi connectivity index (χ0n) is 8.98. The maximum absolute atomic E-state index is 13.4. The fourth-order valence-electron chi connectivity index (χ4n) is 1.34. The first-order valence-electron chi connectivity index (χ1n) is 4.99. The van der Waals surface area contributed by atoms with Gasteiger partial charge in [0, 0.05) is 10.6 Å². The SMILES string of the molecule is Fc1cccc(PPc2cccc(F)c2F)c1F. The molecule has 0 N–H and O–H groups in total. The minimum atomic E-state index is -0.926. The van der Waals surface area contributed by atoms with Crippen LogP contribution in [0.3, 0.4) is 0 Å². The molecule has 2 aromatic rings. The summed E-state index contributed by atoms with van der Waals surface area (Å²) in [4.78, 5) is 0. The van der Waals surface area contributed by atoms with Crippen LogP contribution in [0.5, 0.6) is 0 Å².